The van der Waals surface area contributed by atoms with Crippen molar-refractivity contribution in [1.82, 2.24) is 4.98 Å². The highest BCUT2D eigenvalue weighted by Crippen LogP contribution is 2.39. The van der Waals surface area contributed by atoms with E-state index < -0.39 is 0 Å². The summed E-state index contributed by atoms with van der Waals surface area (Å²) in [5, 5.41) is 9.66. The molecule has 1 heterocycles. The van der Waals surface area contributed by atoms with Crippen molar-refractivity contribution in [3.05, 3.63) is 46.1 Å². The molecule has 3 heteroatoms. The Kier molecular flexibility index (Phi) is 4.09. The van der Waals surface area contributed by atoms with Gasteiger partial charge in [0.15, 0.2) is 0 Å². The Morgan fingerprint density at radius 3 is 2.78 bits per heavy atom. The molecule has 0 saturated carbocycles. The number of pyridine rings is 1. The fourth-order valence-corrected chi connectivity index (χ4v) is 3.70. The van der Waals surface area contributed by atoms with Crippen LogP contribution in [0.5, 0.6) is 0 Å². The number of benzene rings is 1. The molecular weight excluding hydrogens is 282 g/mol. The molecule has 23 heavy (non-hydrogen) atoms. The molecule has 0 bridgehead atoms. The van der Waals surface area contributed by atoms with Crippen LogP contribution in [-0.4, -0.2) is 4.98 Å². The predicted molar refractivity (Wildman–Crippen MR) is 94.1 cm³/mol. The van der Waals surface area contributed by atoms with Gasteiger partial charge in [-0.2, -0.15) is 5.26 Å². The molecule has 0 radical (unpaired) electrons. The van der Waals surface area contributed by atoms with Crippen LogP contribution < -0.4 is 5.73 Å². The molecule has 3 nitrogen and oxygen atoms in total. The van der Waals surface area contributed by atoms with Gasteiger partial charge in [-0.1, -0.05) is 37.1 Å². The maximum atomic E-state index is 9.66. The molecular formula is C20H23N3. The zero-order valence-corrected chi connectivity index (χ0v) is 14.1. The van der Waals surface area contributed by atoms with E-state index in [1.165, 1.54) is 16.7 Å². The van der Waals surface area contributed by atoms with Gasteiger partial charge in [0.25, 0.3) is 0 Å². The number of nitrogens with two attached hydrogens (primary N) is 1. The molecule has 2 aromatic rings. The van der Waals surface area contributed by atoms with Crippen molar-refractivity contribution >= 4 is 5.82 Å². The molecule has 0 spiro atoms. The van der Waals surface area contributed by atoms with Crippen LogP contribution in [0.2, 0.25) is 0 Å². The summed E-state index contributed by atoms with van der Waals surface area (Å²) >= 11 is 0. The molecule has 0 aliphatic heterocycles. The maximum Gasteiger partial charge on any atom is 0.142 e. The zero-order valence-electron chi connectivity index (χ0n) is 14.1. The van der Waals surface area contributed by atoms with Gasteiger partial charge in [-0.25, -0.2) is 4.98 Å². The van der Waals surface area contributed by atoms with Gasteiger partial charge >= 0.3 is 0 Å². The maximum absolute atomic E-state index is 9.66. The van der Waals surface area contributed by atoms with Crippen LogP contribution in [0.4, 0.5) is 5.82 Å². The number of aryl methyl sites for hydroxylation is 3. The Morgan fingerprint density at radius 1 is 1.35 bits per heavy atom. The van der Waals surface area contributed by atoms with E-state index in [4.69, 9.17) is 5.73 Å². The van der Waals surface area contributed by atoms with Crippen molar-refractivity contribution in [1.29, 1.82) is 5.26 Å². The molecule has 0 fully saturated rings. The molecule has 0 saturated heterocycles. The summed E-state index contributed by atoms with van der Waals surface area (Å²) in [6.07, 6.45) is 4.28. The summed E-state index contributed by atoms with van der Waals surface area (Å²) in [6, 6.07) is 8.69. The van der Waals surface area contributed by atoms with E-state index in [2.05, 4.69) is 50.0 Å². The first kappa shape index (κ1) is 15.6. The highest BCUT2D eigenvalue weighted by Gasteiger charge is 2.26. The molecule has 1 aromatic heterocycles. The fourth-order valence-electron chi connectivity index (χ4n) is 3.70. The lowest BCUT2D eigenvalue weighted by molar-refractivity contribution is 0.440. The lowest BCUT2D eigenvalue weighted by Crippen LogP contribution is -2.18. The monoisotopic (exact) mass is 305 g/mol. The number of anilines is 1. The smallest absolute Gasteiger partial charge is 0.142 e. The minimum atomic E-state index is 0.371. The quantitative estimate of drug-likeness (QED) is 0.898. The van der Waals surface area contributed by atoms with Gasteiger partial charge in [-0.05, 0) is 55.7 Å². The average Bonchev–Trinajstić information content (AvgIpc) is 2.53. The van der Waals surface area contributed by atoms with E-state index in [9.17, 15) is 5.26 Å². The summed E-state index contributed by atoms with van der Waals surface area (Å²) in [6.45, 7) is 6.43. The second-order valence-corrected chi connectivity index (χ2v) is 6.62. The van der Waals surface area contributed by atoms with Crippen LogP contribution in [0.25, 0.3) is 11.1 Å². The average molecular weight is 305 g/mol. The Bertz CT molecular complexity index is 800. The number of nitrogens with zero attached hydrogens (tertiary/aromatic N) is 2. The summed E-state index contributed by atoms with van der Waals surface area (Å²) in [4.78, 5) is 4.54. The number of fused-ring (bicyclic) bond motifs is 1. The van der Waals surface area contributed by atoms with Crippen molar-refractivity contribution < 1.29 is 0 Å². The number of aromatic nitrogens is 1. The number of hydrogen-bond acceptors (Lipinski definition) is 3. The highest BCUT2D eigenvalue weighted by atomic mass is 14.9. The minimum absolute atomic E-state index is 0.371. The topological polar surface area (TPSA) is 62.7 Å². The third-order valence-corrected chi connectivity index (χ3v) is 5.03. The molecule has 118 valence electrons. The van der Waals surface area contributed by atoms with Crippen molar-refractivity contribution in [2.45, 2.75) is 46.5 Å². The Morgan fingerprint density at radius 2 is 2.13 bits per heavy atom. The van der Waals surface area contributed by atoms with Crippen molar-refractivity contribution in [3.8, 4) is 17.2 Å². The van der Waals surface area contributed by atoms with Gasteiger partial charge in [0, 0.05) is 11.3 Å². The number of hydrogen-bond donors (Lipinski definition) is 1. The molecule has 1 atom stereocenters. The molecule has 0 amide bonds. The summed E-state index contributed by atoms with van der Waals surface area (Å²) in [5.74, 6) is 1.04. The number of nitrogen functional groups attached to an aromatic ring is 1. The molecule has 1 aromatic carbocycles. The van der Waals surface area contributed by atoms with Crippen molar-refractivity contribution in [2.24, 2.45) is 5.92 Å². The largest absolute Gasteiger partial charge is 0.383 e. The molecule has 1 aliphatic rings. The van der Waals surface area contributed by atoms with Crippen molar-refractivity contribution in [3.63, 3.8) is 0 Å². The first-order valence-electron chi connectivity index (χ1n) is 8.34. The van der Waals surface area contributed by atoms with Crippen LogP contribution in [-0.2, 0) is 12.8 Å². The molecule has 2 N–H and O–H groups in total. The lowest BCUT2D eigenvalue weighted by atomic mass is 9.79. The van der Waals surface area contributed by atoms with Gasteiger partial charge in [0.05, 0.1) is 0 Å². The van der Waals surface area contributed by atoms with Crippen LogP contribution >= 0.6 is 0 Å². The fraction of sp³-hybridized carbons (Fsp3) is 0.400. The first-order valence-corrected chi connectivity index (χ1v) is 8.34. The standard InChI is InChI=1S/C20H23N3/c1-4-14-6-8-18-16(10-14)19(17(11-21)20(22)23-18)15-7-5-12(2)9-13(15)3/h5,7,9,14H,4,6,8,10H2,1-3H3,(H2,22,23). The van der Waals surface area contributed by atoms with Gasteiger partial charge in [0.1, 0.15) is 17.5 Å². The number of rotatable bonds is 2. The Labute approximate surface area is 138 Å². The third-order valence-electron chi connectivity index (χ3n) is 5.03. The van der Waals surface area contributed by atoms with Gasteiger partial charge < -0.3 is 5.73 Å². The lowest BCUT2D eigenvalue weighted by Gasteiger charge is -2.27. The molecule has 1 aliphatic carbocycles. The van der Waals surface area contributed by atoms with E-state index >= 15 is 0 Å². The number of nitriles is 1. The van der Waals surface area contributed by atoms with E-state index in [1.807, 2.05) is 0 Å². The summed E-state index contributed by atoms with van der Waals surface area (Å²) in [5.41, 5.74) is 13.5. The summed E-state index contributed by atoms with van der Waals surface area (Å²) < 4.78 is 0. The van der Waals surface area contributed by atoms with Gasteiger partial charge in [-0.15, -0.1) is 0 Å². The van der Waals surface area contributed by atoms with Crippen LogP contribution in [0.15, 0.2) is 18.2 Å². The van der Waals surface area contributed by atoms with Crippen molar-refractivity contribution in [2.75, 3.05) is 5.73 Å². The van der Waals surface area contributed by atoms with Crippen LogP contribution in [0.3, 0.4) is 0 Å². The second kappa shape index (κ2) is 6.04. The van der Waals surface area contributed by atoms with E-state index in [-0.39, 0.29) is 0 Å². The van der Waals surface area contributed by atoms with Crippen LogP contribution in [0.1, 0.15) is 47.7 Å². The van der Waals surface area contributed by atoms with E-state index in [1.54, 1.807) is 0 Å². The highest BCUT2D eigenvalue weighted by molar-refractivity contribution is 5.81. The van der Waals surface area contributed by atoms with Gasteiger partial charge in [-0.3, -0.25) is 0 Å². The predicted octanol–water partition coefficient (Wildman–Crippen LogP) is 4.33. The normalized spacial score (nSPS) is 16.7. The van der Waals surface area contributed by atoms with Gasteiger partial charge in [0.2, 0.25) is 0 Å². The molecule has 3 rings (SSSR count). The van der Waals surface area contributed by atoms with E-state index in [0.717, 1.165) is 42.5 Å². The Balaban J connectivity index is 2.29. The van der Waals surface area contributed by atoms with E-state index in [0.29, 0.717) is 17.3 Å². The minimum Gasteiger partial charge on any atom is -0.383 e. The third kappa shape index (κ3) is 2.70. The molecule has 1 unspecified atom stereocenters. The van der Waals surface area contributed by atoms with Crippen LogP contribution in [0, 0.1) is 31.1 Å². The Hall–Kier alpha value is -2.34. The second-order valence-electron chi connectivity index (χ2n) is 6.62. The SMILES string of the molecule is CCC1CCc2nc(N)c(C#N)c(-c3ccc(C)cc3C)c2C1. The zero-order chi connectivity index (χ0) is 16.6. The summed E-state index contributed by atoms with van der Waals surface area (Å²) in [7, 11) is 0. The first-order chi connectivity index (χ1) is 11.0.